The van der Waals surface area contributed by atoms with E-state index in [-0.39, 0.29) is 17.5 Å². The van der Waals surface area contributed by atoms with Gasteiger partial charge in [-0.3, -0.25) is 13.9 Å². The number of nitriles is 1. The number of hydrogen-bond acceptors (Lipinski definition) is 5. The number of carboxylic acid groups (broad SMARTS) is 1. The quantitative estimate of drug-likeness (QED) is 0.557. The Morgan fingerprint density at radius 2 is 2.03 bits per heavy atom. The van der Waals surface area contributed by atoms with E-state index in [0.717, 1.165) is 26.8 Å². The van der Waals surface area contributed by atoms with Gasteiger partial charge < -0.3 is 9.67 Å². The molecule has 29 heavy (non-hydrogen) atoms. The van der Waals surface area contributed by atoms with Crippen LogP contribution in [0.15, 0.2) is 40.1 Å². The fourth-order valence-electron chi connectivity index (χ4n) is 3.55. The first kappa shape index (κ1) is 18.7. The molecule has 1 aromatic carbocycles. The Morgan fingerprint density at radius 3 is 2.69 bits per heavy atom. The Labute approximate surface area is 168 Å². The van der Waals surface area contributed by atoms with E-state index >= 15 is 0 Å². The predicted octanol–water partition coefficient (Wildman–Crippen LogP) is 2.35. The highest BCUT2D eigenvalue weighted by atomic mass is 32.1. The minimum Gasteiger partial charge on any atom is -0.478 e. The number of fused-ring (bicyclic) bond motifs is 2. The average Bonchev–Trinajstić information content (AvgIpc) is 3.28. The first-order chi connectivity index (χ1) is 13.9. The van der Waals surface area contributed by atoms with Gasteiger partial charge in [-0.2, -0.15) is 5.26 Å². The molecule has 0 radical (unpaired) electrons. The molecule has 3 aromatic heterocycles. The Bertz CT molecular complexity index is 1460. The number of aromatic nitrogens is 3. The zero-order chi connectivity index (χ0) is 20.9. The van der Waals surface area contributed by atoms with Crippen molar-refractivity contribution >= 4 is 38.4 Å². The Morgan fingerprint density at radius 1 is 1.28 bits per heavy atom. The molecule has 9 heteroatoms. The monoisotopic (exact) mass is 408 g/mol. The second kappa shape index (κ2) is 6.76. The minimum absolute atomic E-state index is 0.0599. The van der Waals surface area contributed by atoms with E-state index in [0.29, 0.717) is 21.8 Å². The van der Waals surface area contributed by atoms with E-state index in [1.54, 1.807) is 19.1 Å². The Hall–Kier alpha value is -3.64. The topological polar surface area (TPSA) is 110 Å². The summed E-state index contributed by atoms with van der Waals surface area (Å²) in [4.78, 5) is 38.0. The molecule has 0 aliphatic rings. The van der Waals surface area contributed by atoms with Gasteiger partial charge in [-0.05, 0) is 31.2 Å². The van der Waals surface area contributed by atoms with Crippen molar-refractivity contribution in [2.45, 2.75) is 20.0 Å². The molecule has 0 amide bonds. The van der Waals surface area contributed by atoms with Crippen LogP contribution in [-0.4, -0.2) is 24.8 Å². The van der Waals surface area contributed by atoms with Crippen LogP contribution in [0.5, 0.6) is 0 Å². The lowest BCUT2D eigenvalue weighted by Gasteiger charge is -2.06. The summed E-state index contributed by atoms with van der Waals surface area (Å²) in [5.74, 6) is -1.20. The van der Waals surface area contributed by atoms with Gasteiger partial charge >= 0.3 is 11.7 Å². The molecule has 4 aromatic rings. The number of thiophene rings is 1. The molecule has 0 bridgehead atoms. The van der Waals surface area contributed by atoms with Crippen LogP contribution in [0, 0.1) is 11.3 Å². The summed E-state index contributed by atoms with van der Waals surface area (Å²) < 4.78 is 4.24. The van der Waals surface area contributed by atoms with Crippen molar-refractivity contribution in [3.63, 3.8) is 0 Å². The smallest absolute Gasteiger partial charge is 0.337 e. The van der Waals surface area contributed by atoms with E-state index in [1.807, 2.05) is 22.9 Å². The molecule has 8 nitrogen and oxygen atoms in total. The van der Waals surface area contributed by atoms with Crippen molar-refractivity contribution < 1.29 is 9.90 Å². The third-order valence-electron chi connectivity index (χ3n) is 4.99. The molecule has 1 N–H and O–H groups in total. The van der Waals surface area contributed by atoms with Crippen molar-refractivity contribution in [3.05, 3.63) is 67.3 Å². The van der Waals surface area contributed by atoms with Crippen LogP contribution in [0.25, 0.3) is 21.1 Å². The van der Waals surface area contributed by atoms with Gasteiger partial charge in [-0.15, -0.1) is 11.3 Å². The minimum atomic E-state index is -1.20. The fraction of sp³-hybridized carbons (Fsp3) is 0.200. The third-order valence-corrected chi connectivity index (χ3v) is 6.19. The van der Waals surface area contributed by atoms with Crippen LogP contribution in [0.4, 0.5) is 0 Å². The summed E-state index contributed by atoms with van der Waals surface area (Å²) >= 11 is 1.15. The van der Waals surface area contributed by atoms with Crippen LogP contribution in [0.1, 0.15) is 27.7 Å². The lowest BCUT2D eigenvalue weighted by Crippen LogP contribution is -2.37. The number of nitrogens with zero attached hydrogens (tertiary/aromatic N) is 4. The fourth-order valence-corrected chi connectivity index (χ4v) is 4.89. The molecule has 0 saturated carbocycles. The normalized spacial score (nSPS) is 11.2. The molecule has 0 atom stereocenters. The summed E-state index contributed by atoms with van der Waals surface area (Å²) in [5, 5.41) is 19.8. The van der Waals surface area contributed by atoms with E-state index in [1.165, 1.54) is 11.6 Å². The summed E-state index contributed by atoms with van der Waals surface area (Å²) in [6.45, 7) is 2.33. The number of rotatable bonds is 4. The molecule has 0 saturated heterocycles. The van der Waals surface area contributed by atoms with Gasteiger partial charge in [0.15, 0.2) is 0 Å². The molecule has 4 rings (SSSR count). The molecule has 146 valence electrons. The zero-order valence-electron chi connectivity index (χ0n) is 15.7. The summed E-state index contributed by atoms with van der Waals surface area (Å²) in [6, 6.07) is 9.22. The number of hydrogen-bond donors (Lipinski definition) is 1. The van der Waals surface area contributed by atoms with E-state index in [2.05, 4.69) is 6.07 Å². The molecular weight excluding hydrogens is 392 g/mol. The van der Waals surface area contributed by atoms with Gasteiger partial charge in [-0.1, -0.05) is 0 Å². The van der Waals surface area contributed by atoms with Crippen molar-refractivity contribution in [2.75, 3.05) is 0 Å². The number of carbonyl (C=O) groups is 1. The highest BCUT2D eigenvalue weighted by Crippen LogP contribution is 2.30. The van der Waals surface area contributed by atoms with Crippen LogP contribution in [0.3, 0.4) is 0 Å². The molecule has 0 spiro atoms. The van der Waals surface area contributed by atoms with Gasteiger partial charge in [-0.25, -0.2) is 9.59 Å². The van der Waals surface area contributed by atoms with Gasteiger partial charge in [0, 0.05) is 35.6 Å². The molecule has 0 fully saturated rings. The van der Waals surface area contributed by atoms with E-state index in [4.69, 9.17) is 5.26 Å². The van der Waals surface area contributed by atoms with Crippen molar-refractivity contribution in [1.29, 1.82) is 5.26 Å². The highest BCUT2D eigenvalue weighted by molar-refractivity contribution is 7.19. The second-order valence-electron chi connectivity index (χ2n) is 6.61. The van der Waals surface area contributed by atoms with Crippen LogP contribution < -0.4 is 11.2 Å². The van der Waals surface area contributed by atoms with Crippen LogP contribution >= 0.6 is 11.3 Å². The number of benzene rings is 1. The average molecular weight is 408 g/mol. The second-order valence-corrected chi connectivity index (χ2v) is 7.69. The van der Waals surface area contributed by atoms with Gasteiger partial charge in [0.25, 0.3) is 5.56 Å². The number of carboxylic acids is 1. The number of aryl methyl sites for hydroxylation is 1. The predicted molar refractivity (Wildman–Crippen MR) is 110 cm³/mol. The summed E-state index contributed by atoms with van der Waals surface area (Å²) in [7, 11) is 1.35. The molecule has 0 unspecified atom stereocenters. The van der Waals surface area contributed by atoms with Crippen molar-refractivity contribution in [3.8, 4) is 6.07 Å². The first-order valence-electron chi connectivity index (χ1n) is 8.84. The lowest BCUT2D eigenvalue weighted by molar-refractivity contribution is 0.0698. The maximum Gasteiger partial charge on any atom is 0.337 e. The number of aromatic carboxylic acids is 1. The maximum atomic E-state index is 12.7. The van der Waals surface area contributed by atoms with Gasteiger partial charge in [0.2, 0.25) is 0 Å². The summed E-state index contributed by atoms with van der Waals surface area (Å²) in [6.07, 6.45) is 1.81. The zero-order valence-corrected chi connectivity index (χ0v) is 16.5. The Kier molecular flexibility index (Phi) is 4.36. The molecule has 0 aliphatic heterocycles. The standard InChI is InChI=1S/C20H16N4O4S/c1-3-24-18-16(17(25)22(2)20(24)28)15(19(26)27)14(29-18)10-23-7-6-12-8-11(9-21)4-5-13(12)23/h4-8H,3,10H2,1-2H3,(H,26,27). The Balaban J connectivity index is 1.98. The maximum absolute atomic E-state index is 12.7. The molecular formula is C20H16N4O4S. The van der Waals surface area contributed by atoms with Crippen molar-refractivity contribution in [2.24, 2.45) is 7.05 Å². The van der Waals surface area contributed by atoms with Crippen LogP contribution in [-0.2, 0) is 20.1 Å². The largest absolute Gasteiger partial charge is 0.478 e. The van der Waals surface area contributed by atoms with E-state index in [9.17, 15) is 19.5 Å². The van der Waals surface area contributed by atoms with Crippen LogP contribution in [0.2, 0.25) is 0 Å². The lowest BCUT2D eigenvalue weighted by atomic mass is 10.1. The van der Waals surface area contributed by atoms with Gasteiger partial charge in [0.1, 0.15) is 4.83 Å². The third kappa shape index (κ3) is 2.77. The van der Waals surface area contributed by atoms with E-state index < -0.39 is 17.2 Å². The SMILES string of the molecule is CCn1c(=O)n(C)c(=O)c2c(C(=O)O)c(Cn3ccc4cc(C#N)ccc43)sc21. The molecule has 0 aliphatic carbocycles. The van der Waals surface area contributed by atoms with Crippen molar-refractivity contribution in [1.82, 2.24) is 13.7 Å². The van der Waals surface area contributed by atoms with Gasteiger partial charge in [0.05, 0.1) is 29.1 Å². The first-order valence-corrected chi connectivity index (χ1v) is 9.66. The molecule has 3 heterocycles. The highest BCUT2D eigenvalue weighted by Gasteiger charge is 2.25. The summed E-state index contributed by atoms with van der Waals surface area (Å²) in [5.41, 5.74) is 0.247.